The van der Waals surface area contributed by atoms with E-state index in [1.54, 1.807) is 24.3 Å². The number of nitriles is 1. The second-order valence-corrected chi connectivity index (χ2v) is 4.75. The number of aromatic carboxylic acids is 1. The molecule has 0 unspecified atom stereocenters. The molecule has 2 aromatic carbocycles. The zero-order valence-electron chi connectivity index (χ0n) is 10.0. The monoisotopic (exact) mass is 306 g/mol. The van der Waals surface area contributed by atoms with Gasteiger partial charge in [-0.1, -0.05) is 23.2 Å². The smallest absolute Gasteiger partial charge is 0.335 e. The van der Waals surface area contributed by atoms with E-state index in [0.29, 0.717) is 22.0 Å². The van der Waals surface area contributed by atoms with Crippen LogP contribution in [0.5, 0.6) is 0 Å². The van der Waals surface area contributed by atoms with Crippen LogP contribution in [0.25, 0.3) is 0 Å². The zero-order chi connectivity index (χ0) is 14.7. The Bertz CT molecular complexity index is 724. The second kappa shape index (κ2) is 5.83. The minimum Gasteiger partial charge on any atom is -0.478 e. The molecule has 0 radical (unpaired) electrons. The van der Waals surface area contributed by atoms with Gasteiger partial charge in [0, 0.05) is 5.69 Å². The topological polar surface area (TPSA) is 73.1 Å². The highest BCUT2D eigenvalue weighted by molar-refractivity contribution is 6.34. The molecule has 0 bridgehead atoms. The maximum absolute atomic E-state index is 10.8. The molecule has 0 atom stereocenters. The highest BCUT2D eigenvalue weighted by Gasteiger charge is 2.08. The Hall–Kier alpha value is -2.22. The average molecular weight is 307 g/mol. The van der Waals surface area contributed by atoms with Crippen LogP contribution in [-0.2, 0) is 0 Å². The van der Waals surface area contributed by atoms with E-state index in [1.165, 1.54) is 12.1 Å². The number of hydrogen-bond acceptors (Lipinski definition) is 3. The van der Waals surface area contributed by atoms with Gasteiger partial charge < -0.3 is 10.4 Å². The van der Waals surface area contributed by atoms with Gasteiger partial charge >= 0.3 is 5.97 Å². The SMILES string of the molecule is N#Cc1ccc(Nc2ccc(C(=O)O)cc2Cl)cc1Cl. The summed E-state index contributed by atoms with van der Waals surface area (Å²) < 4.78 is 0. The first-order chi connectivity index (χ1) is 9.51. The Morgan fingerprint density at radius 2 is 1.90 bits per heavy atom. The van der Waals surface area contributed by atoms with Crippen molar-refractivity contribution >= 4 is 40.5 Å². The van der Waals surface area contributed by atoms with Gasteiger partial charge in [-0.2, -0.15) is 5.26 Å². The van der Waals surface area contributed by atoms with Crippen molar-refractivity contribution in [2.24, 2.45) is 0 Å². The molecular weight excluding hydrogens is 299 g/mol. The minimum atomic E-state index is -1.04. The fourth-order valence-corrected chi connectivity index (χ4v) is 2.04. The fraction of sp³-hybridized carbons (Fsp3) is 0. The molecule has 0 spiro atoms. The van der Waals surface area contributed by atoms with Gasteiger partial charge in [-0.3, -0.25) is 0 Å². The standard InChI is InChI=1S/C14H8Cl2N2O2/c15-11-6-10(3-1-9(11)7-17)18-13-4-2-8(14(19)20)5-12(13)16/h1-6,18H,(H,19,20). The summed E-state index contributed by atoms with van der Waals surface area (Å²) in [5.74, 6) is -1.04. The third-order valence-electron chi connectivity index (χ3n) is 2.58. The maximum Gasteiger partial charge on any atom is 0.335 e. The molecule has 0 saturated heterocycles. The van der Waals surface area contributed by atoms with Crippen molar-refractivity contribution in [1.29, 1.82) is 5.26 Å². The Labute approximate surface area is 125 Å². The summed E-state index contributed by atoms with van der Waals surface area (Å²) in [4.78, 5) is 10.8. The predicted octanol–water partition coefficient (Wildman–Crippen LogP) is 4.31. The number of anilines is 2. The lowest BCUT2D eigenvalue weighted by Crippen LogP contribution is -1.98. The molecule has 0 saturated carbocycles. The third-order valence-corrected chi connectivity index (χ3v) is 3.21. The van der Waals surface area contributed by atoms with E-state index in [4.69, 9.17) is 33.6 Å². The van der Waals surface area contributed by atoms with Crippen LogP contribution in [-0.4, -0.2) is 11.1 Å². The van der Waals surface area contributed by atoms with E-state index in [-0.39, 0.29) is 10.6 Å². The molecule has 0 aliphatic rings. The van der Waals surface area contributed by atoms with Gasteiger partial charge in [0.25, 0.3) is 0 Å². The summed E-state index contributed by atoms with van der Waals surface area (Å²) in [7, 11) is 0. The molecule has 0 amide bonds. The first-order valence-electron chi connectivity index (χ1n) is 5.51. The first kappa shape index (κ1) is 14.2. The van der Waals surface area contributed by atoms with Crippen LogP contribution in [0.4, 0.5) is 11.4 Å². The molecule has 0 aliphatic carbocycles. The number of benzene rings is 2. The quantitative estimate of drug-likeness (QED) is 0.886. The van der Waals surface area contributed by atoms with Crippen LogP contribution in [0.3, 0.4) is 0 Å². The summed E-state index contributed by atoms with van der Waals surface area (Å²) in [5, 5.41) is 21.3. The lowest BCUT2D eigenvalue weighted by molar-refractivity contribution is 0.0697. The van der Waals surface area contributed by atoms with Crippen LogP contribution < -0.4 is 5.32 Å². The van der Waals surface area contributed by atoms with Gasteiger partial charge in [0.15, 0.2) is 0 Å². The van der Waals surface area contributed by atoms with Gasteiger partial charge in [-0.25, -0.2) is 4.79 Å². The van der Waals surface area contributed by atoms with Crippen molar-refractivity contribution in [1.82, 2.24) is 0 Å². The van der Waals surface area contributed by atoms with E-state index in [1.807, 2.05) is 6.07 Å². The molecule has 2 aromatic rings. The van der Waals surface area contributed by atoms with E-state index < -0.39 is 5.97 Å². The number of hydrogen-bond donors (Lipinski definition) is 2. The van der Waals surface area contributed by atoms with Gasteiger partial charge in [-0.15, -0.1) is 0 Å². The molecule has 4 nitrogen and oxygen atoms in total. The largest absolute Gasteiger partial charge is 0.478 e. The van der Waals surface area contributed by atoms with Crippen molar-refractivity contribution in [2.45, 2.75) is 0 Å². The number of halogens is 2. The molecule has 100 valence electrons. The Morgan fingerprint density at radius 1 is 1.15 bits per heavy atom. The van der Waals surface area contributed by atoms with Crippen LogP contribution in [0.1, 0.15) is 15.9 Å². The number of carboxylic acid groups (broad SMARTS) is 1. The van der Waals surface area contributed by atoms with Gasteiger partial charge in [-0.05, 0) is 36.4 Å². The summed E-state index contributed by atoms with van der Waals surface area (Å²) in [6.45, 7) is 0. The minimum absolute atomic E-state index is 0.110. The Morgan fingerprint density at radius 3 is 2.45 bits per heavy atom. The normalized spacial score (nSPS) is 9.85. The van der Waals surface area contributed by atoms with Gasteiger partial charge in [0.05, 0.1) is 26.9 Å². The second-order valence-electron chi connectivity index (χ2n) is 3.93. The van der Waals surface area contributed by atoms with E-state index >= 15 is 0 Å². The van der Waals surface area contributed by atoms with E-state index in [0.717, 1.165) is 0 Å². The molecule has 0 aromatic heterocycles. The molecule has 20 heavy (non-hydrogen) atoms. The molecule has 0 heterocycles. The van der Waals surface area contributed by atoms with Gasteiger partial charge in [0.1, 0.15) is 6.07 Å². The number of carbonyl (C=O) groups is 1. The maximum atomic E-state index is 10.8. The summed E-state index contributed by atoms with van der Waals surface area (Å²) in [6, 6.07) is 11.2. The van der Waals surface area contributed by atoms with Gasteiger partial charge in [0.2, 0.25) is 0 Å². The average Bonchev–Trinajstić information content (AvgIpc) is 2.41. The van der Waals surface area contributed by atoms with Crippen LogP contribution >= 0.6 is 23.2 Å². The molecule has 2 N–H and O–H groups in total. The summed E-state index contributed by atoms with van der Waals surface area (Å²) in [5.41, 5.74) is 1.69. The van der Waals surface area contributed by atoms with Crippen molar-refractivity contribution in [3.05, 3.63) is 57.6 Å². The number of nitrogens with zero attached hydrogens (tertiary/aromatic N) is 1. The lowest BCUT2D eigenvalue weighted by Gasteiger charge is -2.09. The Balaban J connectivity index is 2.29. The first-order valence-corrected chi connectivity index (χ1v) is 6.26. The number of nitrogens with one attached hydrogen (secondary N) is 1. The highest BCUT2D eigenvalue weighted by Crippen LogP contribution is 2.28. The number of carboxylic acids is 1. The zero-order valence-corrected chi connectivity index (χ0v) is 11.5. The molecule has 0 aliphatic heterocycles. The molecule has 2 rings (SSSR count). The van der Waals surface area contributed by atoms with Crippen LogP contribution in [0, 0.1) is 11.3 Å². The summed E-state index contributed by atoms with van der Waals surface area (Å²) >= 11 is 11.9. The van der Waals surface area contributed by atoms with Crippen LogP contribution in [0.2, 0.25) is 10.0 Å². The third kappa shape index (κ3) is 3.02. The van der Waals surface area contributed by atoms with Crippen molar-refractivity contribution in [3.63, 3.8) is 0 Å². The molecular formula is C14H8Cl2N2O2. The van der Waals surface area contributed by atoms with Crippen molar-refractivity contribution in [2.75, 3.05) is 5.32 Å². The van der Waals surface area contributed by atoms with Crippen LogP contribution in [0.15, 0.2) is 36.4 Å². The molecule has 0 fully saturated rings. The highest BCUT2D eigenvalue weighted by atomic mass is 35.5. The predicted molar refractivity (Wildman–Crippen MR) is 77.9 cm³/mol. The number of rotatable bonds is 3. The fourth-order valence-electron chi connectivity index (χ4n) is 1.59. The van der Waals surface area contributed by atoms with Crippen molar-refractivity contribution < 1.29 is 9.90 Å². The Kier molecular flexibility index (Phi) is 4.14. The van der Waals surface area contributed by atoms with E-state index in [2.05, 4.69) is 5.32 Å². The van der Waals surface area contributed by atoms with E-state index in [9.17, 15) is 4.79 Å². The lowest BCUT2D eigenvalue weighted by atomic mass is 10.2. The summed E-state index contributed by atoms with van der Waals surface area (Å²) in [6.07, 6.45) is 0. The molecule has 6 heteroatoms. The van der Waals surface area contributed by atoms with Crippen molar-refractivity contribution in [3.8, 4) is 6.07 Å².